The van der Waals surface area contributed by atoms with E-state index in [4.69, 9.17) is 21.5 Å². The van der Waals surface area contributed by atoms with Gasteiger partial charge in [0.2, 0.25) is 10.0 Å². The number of methoxy groups -OCH3 is 1. The van der Waals surface area contributed by atoms with Crippen molar-refractivity contribution < 1.29 is 21.6 Å². The highest BCUT2D eigenvalue weighted by Gasteiger charge is 2.20. The van der Waals surface area contributed by atoms with Crippen LogP contribution in [0.3, 0.4) is 0 Å². The summed E-state index contributed by atoms with van der Waals surface area (Å²) < 4.78 is 54.8. The number of halogens is 1. The fourth-order valence-electron chi connectivity index (χ4n) is 1.61. The normalized spacial score (nSPS) is 12.1. The molecule has 3 N–H and O–H groups in total. The molecule has 0 spiro atoms. The van der Waals surface area contributed by atoms with Crippen LogP contribution in [-0.2, 0) is 20.0 Å². The molecule has 0 aliphatic carbocycles. The lowest BCUT2D eigenvalue weighted by Gasteiger charge is -2.10. The van der Waals surface area contributed by atoms with Crippen molar-refractivity contribution >= 4 is 48.7 Å². The fourth-order valence-corrected chi connectivity index (χ4v) is 4.87. The Hall–Kier alpha value is -1.33. The van der Waals surface area contributed by atoms with Crippen LogP contribution in [0.2, 0.25) is 4.34 Å². The van der Waals surface area contributed by atoms with E-state index in [0.717, 1.165) is 17.4 Å². The Morgan fingerprint density at radius 3 is 2.36 bits per heavy atom. The van der Waals surface area contributed by atoms with Gasteiger partial charge >= 0.3 is 0 Å². The van der Waals surface area contributed by atoms with Crippen LogP contribution in [0.4, 0.5) is 5.69 Å². The summed E-state index contributed by atoms with van der Waals surface area (Å²) >= 11 is 6.59. The standard InChI is InChI=1S/C11H11ClN2O5S3/c1-19-8-3-2-7(6-9(8)21(13,15)16)14-22(17,18)11-5-4-10(12)20-11/h2-6,14H,1H3,(H2,13,15,16). The maximum Gasteiger partial charge on any atom is 0.271 e. The minimum atomic E-state index is -4.06. The molecule has 1 aromatic heterocycles. The van der Waals surface area contributed by atoms with Crippen molar-refractivity contribution in [3.63, 3.8) is 0 Å². The zero-order valence-electron chi connectivity index (χ0n) is 11.1. The van der Waals surface area contributed by atoms with Gasteiger partial charge in [-0.3, -0.25) is 4.72 Å². The van der Waals surface area contributed by atoms with Gasteiger partial charge in [0.05, 0.1) is 17.1 Å². The van der Waals surface area contributed by atoms with Crippen LogP contribution in [-0.4, -0.2) is 23.9 Å². The van der Waals surface area contributed by atoms with Gasteiger partial charge in [-0.25, -0.2) is 22.0 Å². The molecule has 22 heavy (non-hydrogen) atoms. The Bertz CT molecular complexity index is 906. The molecule has 0 radical (unpaired) electrons. The first-order valence-corrected chi connectivity index (χ1v) is 9.85. The number of nitrogens with two attached hydrogens (primary N) is 1. The average Bonchev–Trinajstić information content (AvgIpc) is 2.85. The number of anilines is 1. The maximum absolute atomic E-state index is 12.2. The third-order valence-electron chi connectivity index (χ3n) is 2.54. The van der Waals surface area contributed by atoms with Crippen LogP contribution in [0.25, 0.3) is 0 Å². The molecule has 11 heteroatoms. The number of rotatable bonds is 5. The minimum absolute atomic E-state index is 0.00507. The maximum atomic E-state index is 12.2. The third kappa shape index (κ3) is 3.70. The summed E-state index contributed by atoms with van der Waals surface area (Å²) in [7, 11) is -6.65. The Morgan fingerprint density at radius 1 is 1.18 bits per heavy atom. The second-order valence-corrected chi connectivity index (χ2v) is 9.23. The van der Waals surface area contributed by atoms with Gasteiger partial charge in [-0.1, -0.05) is 11.6 Å². The van der Waals surface area contributed by atoms with Crippen molar-refractivity contribution in [2.45, 2.75) is 9.10 Å². The molecule has 7 nitrogen and oxygen atoms in total. The van der Waals surface area contributed by atoms with Crippen LogP contribution < -0.4 is 14.6 Å². The molecule has 0 unspecified atom stereocenters. The quantitative estimate of drug-likeness (QED) is 0.818. The molecule has 0 saturated carbocycles. The average molecular weight is 383 g/mol. The number of hydrogen-bond acceptors (Lipinski definition) is 6. The van der Waals surface area contributed by atoms with E-state index >= 15 is 0 Å². The van der Waals surface area contributed by atoms with E-state index in [-0.39, 0.29) is 20.5 Å². The number of benzene rings is 1. The van der Waals surface area contributed by atoms with Crippen molar-refractivity contribution in [1.82, 2.24) is 0 Å². The molecule has 0 fully saturated rings. The van der Waals surface area contributed by atoms with Gasteiger partial charge in [0.1, 0.15) is 14.9 Å². The number of hydrogen-bond donors (Lipinski definition) is 2. The van der Waals surface area contributed by atoms with Gasteiger partial charge in [0.15, 0.2) is 0 Å². The molecule has 0 atom stereocenters. The van der Waals surface area contributed by atoms with Crippen molar-refractivity contribution in [3.8, 4) is 5.75 Å². The molecule has 0 aliphatic rings. The topological polar surface area (TPSA) is 116 Å². The van der Waals surface area contributed by atoms with E-state index in [0.29, 0.717) is 4.34 Å². The largest absolute Gasteiger partial charge is 0.495 e. The summed E-state index contributed by atoms with van der Waals surface area (Å²) in [6.07, 6.45) is 0. The summed E-state index contributed by atoms with van der Waals surface area (Å²) in [6, 6.07) is 6.55. The lowest BCUT2D eigenvalue weighted by molar-refractivity contribution is 0.403. The second-order valence-electron chi connectivity index (χ2n) is 4.07. The van der Waals surface area contributed by atoms with Crippen LogP contribution in [0.1, 0.15) is 0 Å². The Kier molecular flexibility index (Phi) is 4.68. The first-order valence-electron chi connectivity index (χ1n) is 5.62. The Labute approximate surface area is 136 Å². The van der Waals surface area contributed by atoms with Crippen molar-refractivity contribution in [2.75, 3.05) is 11.8 Å². The molecule has 1 heterocycles. The lowest BCUT2D eigenvalue weighted by atomic mass is 10.3. The number of ether oxygens (including phenoxy) is 1. The molecular formula is C11H11ClN2O5S3. The smallest absolute Gasteiger partial charge is 0.271 e. The molecule has 2 aromatic rings. The summed E-state index contributed by atoms with van der Waals surface area (Å²) in [5, 5.41) is 5.08. The summed E-state index contributed by atoms with van der Waals surface area (Å²) in [4.78, 5) is -0.320. The van der Waals surface area contributed by atoms with E-state index in [1.54, 1.807) is 0 Å². The van der Waals surface area contributed by atoms with Crippen LogP contribution in [0.15, 0.2) is 39.4 Å². The molecule has 1 aromatic carbocycles. The first-order chi connectivity index (χ1) is 10.1. The second kappa shape index (κ2) is 6.05. The fraction of sp³-hybridized carbons (Fsp3) is 0.0909. The molecule has 0 saturated heterocycles. The van der Waals surface area contributed by atoms with E-state index in [1.807, 2.05) is 0 Å². The van der Waals surface area contributed by atoms with Crippen LogP contribution in [0.5, 0.6) is 5.75 Å². The number of primary sulfonamides is 1. The van der Waals surface area contributed by atoms with E-state index in [2.05, 4.69) is 4.72 Å². The van der Waals surface area contributed by atoms with Gasteiger partial charge < -0.3 is 4.74 Å². The van der Waals surface area contributed by atoms with Gasteiger partial charge in [0.25, 0.3) is 10.0 Å². The van der Waals surface area contributed by atoms with E-state index in [9.17, 15) is 16.8 Å². The van der Waals surface area contributed by atoms with Gasteiger partial charge in [-0.15, -0.1) is 11.3 Å². The Morgan fingerprint density at radius 2 is 1.86 bits per heavy atom. The first kappa shape index (κ1) is 17.0. The predicted molar refractivity (Wildman–Crippen MR) is 84.5 cm³/mol. The molecule has 0 aliphatic heterocycles. The minimum Gasteiger partial charge on any atom is -0.495 e. The highest BCUT2D eigenvalue weighted by molar-refractivity contribution is 7.94. The monoisotopic (exact) mass is 382 g/mol. The van der Waals surface area contributed by atoms with Crippen molar-refractivity contribution in [3.05, 3.63) is 34.7 Å². The molecule has 0 bridgehead atoms. The third-order valence-corrected chi connectivity index (χ3v) is 6.57. The molecular weight excluding hydrogens is 372 g/mol. The summed E-state index contributed by atoms with van der Waals surface area (Å²) in [6.45, 7) is 0. The van der Waals surface area contributed by atoms with Crippen molar-refractivity contribution in [1.29, 1.82) is 0 Å². The number of sulfonamides is 2. The lowest BCUT2D eigenvalue weighted by Crippen LogP contribution is -2.15. The predicted octanol–water partition coefficient (Wildman–Crippen LogP) is 1.86. The Balaban J connectivity index is 2.43. The molecule has 120 valence electrons. The van der Waals surface area contributed by atoms with Gasteiger partial charge in [-0.05, 0) is 30.3 Å². The summed E-state index contributed by atoms with van der Waals surface area (Å²) in [5.74, 6) is 0.0182. The zero-order chi connectivity index (χ0) is 16.5. The molecule has 0 amide bonds. The SMILES string of the molecule is COc1ccc(NS(=O)(=O)c2ccc(Cl)s2)cc1S(N)(=O)=O. The van der Waals surface area contributed by atoms with E-state index < -0.39 is 20.0 Å². The van der Waals surface area contributed by atoms with Gasteiger partial charge in [0, 0.05) is 0 Å². The number of thiophene rings is 1. The number of nitrogens with one attached hydrogen (secondary N) is 1. The summed E-state index contributed by atoms with van der Waals surface area (Å²) in [5.41, 5.74) is 0.0364. The van der Waals surface area contributed by atoms with Crippen LogP contribution >= 0.6 is 22.9 Å². The molecule has 2 rings (SSSR count). The van der Waals surface area contributed by atoms with Crippen molar-refractivity contribution in [2.24, 2.45) is 5.14 Å². The van der Waals surface area contributed by atoms with Gasteiger partial charge in [-0.2, -0.15) is 0 Å². The zero-order valence-corrected chi connectivity index (χ0v) is 14.3. The van der Waals surface area contributed by atoms with Crippen LogP contribution in [0, 0.1) is 0 Å². The highest BCUT2D eigenvalue weighted by atomic mass is 35.5. The van der Waals surface area contributed by atoms with E-state index in [1.165, 1.54) is 31.4 Å². The highest BCUT2D eigenvalue weighted by Crippen LogP contribution is 2.30.